The van der Waals surface area contributed by atoms with Gasteiger partial charge in [0.1, 0.15) is 19.1 Å². The second kappa shape index (κ2) is 10.2. The molecule has 0 aliphatic heterocycles. The minimum absolute atomic E-state index is 0.405. The molecule has 0 atom stereocenters. The molecule has 1 heterocycles. The van der Waals surface area contributed by atoms with Crippen LogP contribution in [-0.4, -0.2) is 9.78 Å². The van der Waals surface area contributed by atoms with Crippen molar-refractivity contribution in [2.75, 3.05) is 0 Å². The summed E-state index contributed by atoms with van der Waals surface area (Å²) in [6.45, 7) is 1.52. The maximum Gasteiger partial charge on any atom is 0.140 e. The molecule has 0 amide bonds. The van der Waals surface area contributed by atoms with Gasteiger partial charge in [-0.3, -0.25) is 0 Å². The fraction of sp³-hybridized carbons (Fsp3) is 0.115. The summed E-state index contributed by atoms with van der Waals surface area (Å²) in [6, 6.07) is 30.3. The van der Waals surface area contributed by atoms with Crippen molar-refractivity contribution in [2.45, 2.75) is 19.9 Å². The van der Waals surface area contributed by atoms with Gasteiger partial charge in [0.25, 0.3) is 0 Å². The molecule has 30 heavy (non-hydrogen) atoms. The van der Waals surface area contributed by atoms with Crippen LogP contribution in [0.15, 0.2) is 97.2 Å². The lowest BCUT2D eigenvalue weighted by Gasteiger charge is -2.07. The van der Waals surface area contributed by atoms with Gasteiger partial charge in [-0.25, -0.2) is 4.68 Å². The van der Waals surface area contributed by atoms with Gasteiger partial charge in [0.15, 0.2) is 0 Å². The second-order valence-electron chi connectivity index (χ2n) is 6.90. The van der Waals surface area contributed by atoms with Crippen molar-refractivity contribution in [3.63, 3.8) is 0 Å². The highest BCUT2D eigenvalue weighted by atomic mass is 16.5. The molecule has 1 aromatic heterocycles. The van der Waals surface area contributed by atoms with E-state index in [2.05, 4.69) is 41.5 Å². The Hall–Kier alpha value is -3.63. The Morgan fingerprint density at radius 3 is 2.23 bits per heavy atom. The summed E-state index contributed by atoms with van der Waals surface area (Å²) in [7, 11) is 0. The van der Waals surface area contributed by atoms with Gasteiger partial charge in [-0.1, -0.05) is 78.9 Å². The van der Waals surface area contributed by atoms with Crippen molar-refractivity contribution in [2.24, 2.45) is 0 Å². The summed E-state index contributed by atoms with van der Waals surface area (Å²) < 4.78 is 13.6. The molecule has 0 aliphatic carbocycles. The van der Waals surface area contributed by atoms with Crippen LogP contribution in [-0.2, 0) is 24.7 Å². The molecule has 4 heteroatoms. The predicted octanol–water partition coefficient (Wildman–Crippen LogP) is 5.81. The summed E-state index contributed by atoms with van der Waals surface area (Å²) in [5.41, 5.74) is 4.35. The normalized spacial score (nSPS) is 11.1. The van der Waals surface area contributed by atoms with E-state index in [0.29, 0.717) is 19.9 Å². The number of rotatable bonds is 9. The number of benzene rings is 3. The first kappa shape index (κ1) is 19.7. The van der Waals surface area contributed by atoms with Gasteiger partial charge in [0, 0.05) is 6.20 Å². The zero-order chi connectivity index (χ0) is 20.4. The third-order valence-corrected chi connectivity index (χ3v) is 4.63. The van der Waals surface area contributed by atoms with Crippen molar-refractivity contribution in [1.29, 1.82) is 0 Å². The largest absolute Gasteiger partial charge is 0.489 e. The molecule has 150 valence electrons. The highest BCUT2D eigenvalue weighted by Crippen LogP contribution is 2.17. The first-order chi connectivity index (χ1) is 14.9. The van der Waals surface area contributed by atoms with Gasteiger partial charge >= 0.3 is 0 Å². The van der Waals surface area contributed by atoms with E-state index in [1.165, 1.54) is 0 Å². The smallest absolute Gasteiger partial charge is 0.140 e. The number of hydrogen-bond donors (Lipinski definition) is 0. The minimum Gasteiger partial charge on any atom is -0.489 e. The quantitative estimate of drug-likeness (QED) is 0.358. The lowest BCUT2D eigenvalue weighted by molar-refractivity contribution is 0.0557. The molecule has 0 fully saturated rings. The van der Waals surface area contributed by atoms with Gasteiger partial charge in [0.05, 0.1) is 12.3 Å². The zero-order valence-electron chi connectivity index (χ0n) is 16.7. The predicted molar refractivity (Wildman–Crippen MR) is 120 cm³/mol. The molecule has 0 saturated carbocycles. The molecular weight excluding hydrogens is 372 g/mol. The minimum atomic E-state index is 0.405. The standard InChI is InChI=1S/C26H24N2O2/c1-3-8-23(9-4-1)19-29-21-28-25(16-17-27-28)15-14-22-12-7-13-26(18-22)30-20-24-10-5-2-6-11-24/h1-18H,19-21H2/b15-14+. The Labute approximate surface area is 177 Å². The fourth-order valence-corrected chi connectivity index (χ4v) is 3.05. The van der Waals surface area contributed by atoms with E-state index in [9.17, 15) is 0 Å². The van der Waals surface area contributed by atoms with Crippen molar-refractivity contribution in [1.82, 2.24) is 9.78 Å². The van der Waals surface area contributed by atoms with Crippen LogP contribution in [0.3, 0.4) is 0 Å². The van der Waals surface area contributed by atoms with Crippen molar-refractivity contribution < 1.29 is 9.47 Å². The number of nitrogens with zero attached hydrogens (tertiary/aromatic N) is 2. The van der Waals surface area contributed by atoms with Crippen LogP contribution in [0.25, 0.3) is 12.2 Å². The van der Waals surface area contributed by atoms with E-state index in [1.807, 2.05) is 71.4 Å². The average Bonchev–Trinajstić information content (AvgIpc) is 3.25. The van der Waals surface area contributed by atoms with Crippen LogP contribution in [0.4, 0.5) is 0 Å². The number of hydrogen-bond acceptors (Lipinski definition) is 3. The number of aromatic nitrogens is 2. The fourth-order valence-electron chi connectivity index (χ4n) is 3.05. The number of ether oxygens (including phenoxy) is 2. The van der Waals surface area contributed by atoms with Gasteiger partial charge in [0.2, 0.25) is 0 Å². The third-order valence-electron chi connectivity index (χ3n) is 4.63. The summed E-state index contributed by atoms with van der Waals surface area (Å²) in [5.74, 6) is 0.848. The van der Waals surface area contributed by atoms with Gasteiger partial charge in [-0.15, -0.1) is 0 Å². The van der Waals surface area contributed by atoms with E-state index in [0.717, 1.165) is 28.1 Å². The van der Waals surface area contributed by atoms with Gasteiger partial charge in [-0.05, 0) is 41.0 Å². The molecule has 0 N–H and O–H groups in total. The van der Waals surface area contributed by atoms with E-state index < -0.39 is 0 Å². The summed E-state index contributed by atoms with van der Waals surface area (Å²) in [6.07, 6.45) is 5.88. The molecule has 3 aromatic carbocycles. The topological polar surface area (TPSA) is 36.3 Å². The first-order valence-electron chi connectivity index (χ1n) is 9.95. The first-order valence-corrected chi connectivity index (χ1v) is 9.95. The van der Waals surface area contributed by atoms with Crippen LogP contribution in [0, 0.1) is 0 Å². The Balaban J connectivity index is 1.34. The lowest BCUT2D eigenvalue weighted by atomic mass is 10.2. The van der Waals surface area contributed by atoms with E-state index in [1.54, 1.807) is 6.20 Å². The Morgan fingerprint density at radius 1 is 0.733 bits per heavy atom. The molecule has 4 nitrogen and oxygen atoms in total. The van der Waals surface area contributed by atoms with Crippen LogP contribution in [0.2, 0.25) is 0 Å². The van der Waals surface area contributed by atoms with Crippen molar-refractivity contribution >= 4 is 12.2 Å². The van der Waals surface area contributed by atoms with Crippen LogP contribution >= 0.6 is 0 Å². The maximum atomic E-state index is 5.92. The molecular formula is C26H24N2O2. The van der Waals surface area contributed by atoms with E-state index in [-0.39, 0.29) is 0 Å². The lowest BCUT2D eigenvalue weighted by Crippen LogP contribution is -2.06. The molecule has 0 aliphatic rings. The maximum absolute atomic E-state index is 5.92. The zero-order valence-corrected chi connectivity index (χ0v) is 16.7. The summed E-state index contributed by atoms with van der Waals surface area (Å²) in [5, 5.41) is 4.36. The second-order valence-corrected chi connectivity index (χ2v) is 6.90. The molecule has 0 unspecified atom stereocenters. The highest BCUT2D eigenvalue weighted by molar-refractivity contribution is 5.68. The van der Waals surface area contributed by atoms with Gasteiger partial charge in [-0.2, -0.15) is 5.10 Å². The summed E-state index contributed by atoms with van der Waals surface area (Å²) >= 11 is 0. The van der Waals surface area contributed by atoms with Crippen LogP contribution < -0.4 is 4.74 Å². The summed E-state index contributed by atoms with van der Waals surface area (Å²) in [4.78, 5) is 0. The molecule has 4 rings (SSSR count). The average molecular weight is 396 g/mol. The Morgan fingerprint density at radius 2 is 1.47 bits per heavy atom. The third kappa shape index (κ3) is 5.69. The van der Waals surface area contributed by atoms with Gasteiger partial charge < -0.3 is 9.47 Å². The highest BCUT2D eigenvalue weighted by Gasteiger charge is 2.01. The van der Waals surface area contributed by atoms with Crippen molar-refractivity contribution in [3.8, 4) is 5.75 Å². The molecule has 0 saturated heterocycles. The molecule has 0 spiro atoms. The monoisotopic (exact) mass is 396 g/mol. The van der Waals surface area contributed by atoms with Crippen molar-refractivity contribution in [3.05, 3.63) is 120 Å². The molecule has 0 radical (unpaired) electrons. The molecule has 4 aromatic rings. The van der Waals surface area contributed by atoms with E-state index in [4.69, 9.17) is 9.47 Å². The Kier molecular flexibility index (Phi) is 6.71. The van der Waals surface area contributed by atoms with Crippen LogP contribution in [0.1, 0.15) is 22.4 Å². The molecule has 0 bridgehead atoms. The van der Waals surface area contributed by atoms with Crippen LogP contribution in [0.5, 0.6) is 5.75 Å². The Bertz CT molecular complexity index is 1070. The SMILES string of the molecule is C(=C\c1ccnn1COCc1ccccc1)/c1cccc(OCc2ccccc2)c1. The van der Waals surface area contributed by atoms with E-state index >= 15 is 0 Å².